The molecule has 0 aliphatic heterocycles. The van der Waals surface area contributed by atoms with Crippen LogP contribution < -0.4 is 4.72 Å². The zero-order valence-electron chi connectivity index (χ0n) is 11.9. The number of hydrogen-bond donors (Lipinski definition) is 2. The van der Waals surface area contributed by atoms with Gasteiger partial charge in [0.05, 0.1) is 11.2 Å². The van der Waals surface area contributed by atoms with Crippen molar-refractivity contribution < 1.29 is 18.3 Å². The van der Waals surface area contributed by atoms with E-state index in [2.05, 4.69) is 4.72 Å². The third kappa shape index (κ3) is 3.95. The highest BCUT2D eigenvalue weighted by molar-refractivity contribution is 7.90. The summed E-state index contributed by atoms with van der Waals surface area (Å²) in [5.41, 5.74) is 0. The molecule has 0 amide bonds. The number of sulfonamides is 1. The fourth-order valence-corrected chi connectivity index (χ4v) is 5.28. The summed E-state index contributed by atoms with van der Waals surface area (Å²) in [6, 6.07) is -0.429. The maximum absolute atomic E-state index is 12.4. The molecular weight excluding hydrogens is 278 g/mol. The molecule has 2 atom stereocenters. The van der Waals surface area contributed by atoms with Gasteiger partial charge in [0.15, 0.2) is 0 Å². The zero-order valence-corrected chi connectivity index (χ0v) is 12.7. The van der Waals surface area contributed by atoms with Gasteiger partial charge in [0.1, 0.15) is 0 Å². The minimum absolute atomic E-state index is 0.325. The molecular formula is C14H25NO4S. The minimum atomic E-state index is -3.38. The summed E-state index contributed by atoms with van der Waals surface area (Å²) in [5, 5.41) is 8.98. The Labute approximate surface area is 121 Å². The fraction of sp³-hybridized carbons (Fsp3) is 0.929. The molecule has 5 nitrogen and oxygen atoms in total. The first-order valence-corrected chi connectivity index (χ1v) is 9.29. The van der Waals surface area contributed by atoms with E-state index in [9.17, 15) is 18.3 Å². The second kappa shape index (κ2) is 6.89. The Morgan fingerprint density at radius 2 is 1.45 bits per heavy atom. The maximum Gasteiger partial charge on any atom is 0.308 e. The summed E-state index contributed by atoms with van der Waals surface area (Å²) in [5.74, 6) is -1.45. The molecule has 2 aliphatic rings. The number of carbonyl (C=O) groups is 1. The zero-order chi connectivity index (χ0) is 14.6. The van der Waals surface area contributed by atoms with E-state index in [4.69, 9.17) is 0 Å². The molecule has 0 spiro atoms. The molecule has 0 aromatic heterocycles. The predicted molar refractivity (Wildman–Crippen MR) is 76.9 cm³/mol. The second-order valence-electron chi connectivity index (χ2n) is 6.11. The number of hydrogen-bond acceptors (Lipinski definition) is 3. The van der Waals surface area contributed by atoms with Gasteiger partial charge in [0, 0.05) is 6.04 Å². The summed E-state index contributed by atoms with van der Waals surface area (Å²) in [6.07, 6.45) is 8.42. The molecule has 0 aromatic rings. The van der Waals surface area contributed by atoms with Crippen molar-refractivity contribution in [3.63, 3.8) is 0 Å². The van der Waals surface area contributed by atoms with Crippen molar-refractivity contribution in [3.8, 4) is 0 Å². The van der Waals surface area contributed by atoms with Gasteiger partial charge >= 0.3 is 5.97 Å². The van der Waals surface area contributed by atoms with E-state index in [0.717, 1.165) is 38.5 Å². The lowest BCUT2D eigenvalue weighted by molar-refractivity contribution is -0.142. The van der Waals surface area contributed by atoms with Gasteiger partial charge in [-0.15, -0.1) is 0 Å². The highest BCUT2D eigenvalue weighted by Crippen LogP contribution is 2.27. The number of carboxylic acid groups (broad SMARTS) is 1. The van der Waals surface area contributed by atoms with E-state index in [1.54, 1.807) is 0 Å². The lowest BCUT2D eigenvalue weighted by atomic mass is 9.96. The average Bonchev–Trinajstić information content (AvgIpc) is 2.65. The van der Waals surface area contributed by atoms with E-state index < -0.39 is 28.0 Å². The van der Waals surface area contributed by atoms with Crippen LogP contribution in [-0.2, 0) is 14.8 Å². The van der Waals surface area contributed by atoms with Crippen molar-refractivity contribution in [2.24, 2.45) is 5.92 Å². The van der Waals surface area contributed by atoms with Gasteiger partial charge in [0.2, 0.25) is 10.0 Å². The third-order valence-electron chi connectivity index (χ3n) is 4.64. The van der Waals surface area contributed by atoms with Crippen LogP contribution >= 0.6 is 0 Å². The first-order valence-electron chi connectivity index (χ1n) is 7.74. The van der Waals surface area contributed by atoms with Crippen LogP contribution in [0.25, 0.3) is 0 Å². The van der Waals surface area contributed by atoms with Crippen molar-refractivity contribution in [2.45, 2.75) is 75.5 Å². The third-order valence-corrected chi connectivity index (χ3v) is 6.62. The SMILES string of the molecule is O=C(O)C1CCCCCC1NS(=O)(=O)C1CCCCC1. The maximum atomic E-state index is 12.4. The molecule has 6 heteroatoms. The lowest BCUT2D eigenvalue weighted by Gasteiger charge is -2.27. The lowest BCUT2D eigenvalue weighted by Crippen LogP contribution is -2.46. The molecule has 0 bridgehead atoms. The van der Waals surface area contributed by atoms with Crippen LogP contribution in [-0.4, -0.2) is 30.8 Å². The smallest absolute Gasteiger partial charge is 0.308 e. The number of rotatable bonds is 4. The Kier molecular flexibility index (Phi) is 5.43. The van der Waals surface area contributed by atoms with Gasteiger partial charge in [-0.05, 0) is 25.7 Å². The Balaban J connectivity index is 2.06. The second-order valence-corrected chi connectivity index (χ2v) is 8.10. The quantitative estimate of drug-likeness (QED) is 0.780. The highest BCUT2D eigenvalue weighted by atomic mass is 32.2. The minimum Gasteiger partial charge on any atom is -0.481 e. The Morgan fingerprint density at radius 3 is 2.05 bits per heavy atom. The van der Waals surface area contributed by atoms with Gasteiger partial charge in [-0.2, -0.15) is 0 Å². The van der Waals surface area contributed by atoms with E-state index in [1.807, 2.05) is 0 Å². The largest absolute Gasteiger partial charge is 0.481 e. The van der Waals surface area contributed by atoms with Gasteiger partial charge in [-0.1, -0.05) is 38.5 Å². The normalized spacial score (nSPS) is 29.8. The Hall–Kier alpha value is -0.620. The van der Waals surface area contributed by atoms with E-state index in [-0.39, 0.29) is 5.25 Å². The van der Waals surface area contributed by atoms with Gasteiger partial charge in [-0.3, -0.25) is 4.79 Å². The van der Waals surface area contributed by atoms with E-state index >= 15 is 0 Å². The molecule has 2 N–H and O–H groups in total. The summed E-state index contributed by atoms with van der Waals surface area (Å²) >= 11 is 0. The molecule has 0 heterocycles. The Morgan fingerprint density at radius 1 is 0.900 bits per heavy atom. The monoisotopic (exact) mass is 303 g/mol. The number of aliphatic carboxylic acids is 1. The summed E-state index contributed by atoms with van der Waals surface area (Å²) < 4.78 is 27.6. The topological polar surface area (TPSA) is 83.5 Å². The highest BCUT2D eigenvalue weighted by Gasteiger charge is 2.35. The predicted octanol–water partition coefficient (Wildman–Crippen LogP) is 2.27. The van der Waals surface area contributed by atoms with Gasteiger partial charge in [0.25, 0.3) is 0 Å². The van der Waals surface area contributed by atoms with E-state index in [0.29, 0.717) is 25.7 Å². The van der Waals surface area contributed by atoms with Crippen LogP contribution in [0.1, 0.15) is 64.2 Å². The molecule has 2 unspecified atom stereocenters. The van der Waals surface area contributed by atoms with Crippen LogP contribution in [0.4, 0.5) is 0 Å². The molecule has 0 radical (unpaired) electrons. The molecule has 2 saturated carbocycles. The first kappa shape index (κ1) is 15.8. The van der Waals surface area contributed by atoms with Crippen molar-refractivity contribution in [3.05, 3.63) is 0 Å². The molecule has 0 aromatic carbocycles. The van der Waals surface area contributed by atoms with Crippen LogP contribution in [0.2, 0.25) is 0 Å². The van der Waals surface area contributed by atoms with Crippen LogP contribution in [0, 0.1) is 5.92 Å². The summed E-state index contributed by atoms with van der Waals surface area (Å²) in [6.45, 7) is 0. The average molecular weight is 303 g/mol. The van der Waals surface area contributed by atoms with E-state index in [1.165, 1.54) is 0 Å². The van der Waals surface area contributed by atoms with Crippen molar-refractivity contribution in [2.75, 3.05) is 0 Å². The first-order chi connectivity index (χ1) is 9.50. The molecule has 116 valence electrons. The van der Waals surface area contributed by atoms with Crippen molar-refractivity contribution in [1.29, 1.82) is 0 Å². The summed E-state index contributed by atoms with van der Waals surface area (Å²) in [4.78, 5) is 11.3. The molecule has 2 rings (SSSR count). The number of nitrogens with one attached hydrogen (secondary N) is 1. The molecule has 2 fully saturated rings. The molecule has 0 saturated heterocycles. The van der Waals surface area contributed by atoms with Crippen molar-refractivity contribution >= 4 is 16.0 Å². The summed E-state index contributed by atoms with van der Waals surface area (Å²) in [7, 11) is -3.38. The number of carboxylic acids is 1. The van der Waals surface area contributed by atoms with Crippen LogP contribution in [0.15, 0.2) is 0 Å². The standard InChI is InChI=1S/C14H25NO4S/c16-14(17)12-9-5-2-6-10-13(12)15-20(18,19)11-7-3-1-4-8-11/h11-13,15H,1-10H2,(H,16,17). The fourth-order valence-electron chi connectivity index (χ4n) is 3.43. The molecule has 20 heavy (non-hydrogen) atoms. The van der Waals surface area contributed by atoms with Gasteiger partial charge < -0.3 is 5.11 Å². The van der Waals surface area contributed by atoms with Crippen molar-refractivity contribution in [1.82, 2.24) is 4.72 Å². The molecule has 2 aliphatic carbocycles. The Bertz CT molecular complexity index is 428. The van der Waals surface area contributed by atoms with Crippen LogP contribution in [0.5, 0.6) is 0 Å². The van der Waals surface area contributed by atoms with Gasteiger partial charge in [-0.25, -0.2) is 13.1 Å². The van der Waals surface area contributed by atoms with Crippen LogP contribution in [0.3, 0.4) is 0 Å².